The molecule has 0 radical (unpaired) electrons. The molecular formula is C14H8Cl2FNO. The summed E-state index contributed by atoms with van der Waals surface area (Å²) in [6.07, 6.45) is 0. The third kappa shape index (κ3) is 3.37. The molecule has 0 N–H and O–H groups in total. The second kappa shape index (κ2) is 5.92. The highest BCUT2D eigenvalue weighted by molar-refractivity contribution is 6.42. The Morgan fingerprint density at radius 1 is 1.21 bits per heavy atom. The van der Waals surface area contributed by atoms with Crippen molar-refractivity contribution in [2.24, 2.45) is 0 Å². The largest absolute Gasteiger partial charge is 0.487 e. The van der Waals surface area contributed by atoms with Gasteiger partial charge in [-0.3, -0.25) is 0 Å². The molecule has 2 aromatic carbocycles. The highest BCUT2D eigenvalue weighted by Gasteiger charge is 2.06. The van der Waals surface area contributed by atoms with E-state index in [0.29, 0.717) is 21.4 Å². The molecular weight excluding hydrogens is 288 g/mol. The van der Waals surface area contributed by atoms with Crippen LogP contribution in [0, 0.1) is 17.1 Å². The van der Waals surface area contributed by atoms with Crippen molar-refractivity contribution in [3.8, 4) is 11.8 Å². The Morgan fingerprint density at radius 3 is 2.74 bits per heavy atom. The van der Waals surface area contributed by atoms with E-state index in [-0.39, 0.29) is 12.2 Å². The number of nitrogens with zero attached hydrogens (tertiary/aromatic N) is 1. The number of hydrogen-bond donors (Lipinski definition) is 0. The molecule has 0 aliphatic heterocycles. The molecule has 5 heteroatoms. The van der Waals surface area contributed by atoms with Crippen molar-refractivity contribution in [3.05, 3.63) is 63.4 Å². The highest BCUT2D eigenvalue weighted by Crippen LogP contribution is 2.31. The molecule has 2 aromatic rings. The van der Waals surface area contributed by atoms with Crippen molar-refractivity contribution in [2.75, 3.05) is 0 Å². The van der Waals surface area contributed by atoms with E-state index in [9.17, 15) is 4.39 Å². The molecule has 0 aliphatic rings. The summed E-state index contributed by atoms with van der Waals surface area (Å²) in [6.45, 7) is 0.104. The molecule has 2 nitrogen and oxygen atoms in total. The van der Waals surface area contributed by atoms with Crippen molar-refractivity contribution < 1.29 is 9.13 Å². The van der Waals surface area contributed by atoms with Crippen LogP contribution < -0.4 is 4.74 Å². The number of halogens is 3. The van der Waals surface area contributed by atoms with Gasteiger partial charge in [0, 0.05) is 0 Å². The summed E-state index contributed by atoms with van der Waals surface area (Å²) in [6, 6.07) is 10.9. The van der Waals surface area contributed by atoms with Gasteiger partial charge in [0.05, 0.1) is 16.7 Å². The summed E-state index contributed by atoms with van der Waals surface area (Å²) >= 11 is 11.8. The van der Waals surface area contributed by atoms with E-state index in [1.165, 1.54) is 6.07 Å². The second-order valence-electron chi connectivity index (χ2n) is 3.80. The fourth-order valence-electron chi connectivity index (χ4n) is 1.55. The minimum atomic E-state index is -0.477. The van der Waals surface area contributed by atoms with Crippen LogP contribution in [0.1, 0.15) is 11.1 Å². The van der Waals surface area contributed by atoms with Gasteiger partial charge < -0.3 is 4.74 Å². The van der Waals surface area contributed by atoms with E-state index >= 15 is 0 Å². The summed E-state index contributed by atoms with van der Waals surface area (Å²) in [5.41, 5.74) is 0.795. The molecule has 0 aliphatic carbocycles. The Hall–Kier alpha value is -1.76. The number of benzene rings is 2. The molecule has 0 atom stereocenters. The van der Waals surface area contributed by atoms with Crippen LogP contribution in [0.15, 0.2) is 36.4 Å². The summed E-state index contributed by atoms with van der Waals surface area (Å²) in [5.74, 6) is -0.0632. The van der Waals surface area contributed by atoms with Crippen LogP contribution in [0.5, 0.6) is 5.75 Å². The van der Waals surface area contributed by atoms with Crippen molar-refractivity contribution in [3.63, 3.8) is 0 Å². The predicted octanol–water partition coefficient (Wildman–Crippen LogP) is 4.58. The topological polar surface area (TPSA) is 33.0 Å². The summed E-state index contributed by atoms with van der Waals surface area (Å²) < 4.78 is 18.7. The Balaban J connectivity index is 2.17. The van der Waals surface area contributed by atoms with Crippen LogP contribution in [-0.2, 0) is 6.61 Å². The molecule has 0 bridgehead atoms. The van der Waals surface area contributed by atoms with Gasteiger partial charge in [-0.1, -0.05) is 29.3 Å². The van der Waals surface area contributed by atoms with Crippen molar-refractivity contribution in [1.82, 2.24) is 0 Å². The van der Waals surface area contributed by atoms with Crippen molar-refractivity contribution in [2.45, 2.75) is 6.61 Å². The fraction of sp³-hybridized carbons (Fsp3) is 0.0714. The SMILES string of the molecule is N#Cc1cc(F)cc(COc2cccc(Cl)c2Cl)c1. The molecule has 0 aromatic heterocycles. The Kier molecular flexibility index (Phi) is 4.26. The van der Waals surface area contributed by atoms with E-state index in [1.807, 2.05) is 6.07 Å². The van der Waals surface area contributed by atoms with Gasteiger partial charge in [0.25, 0.3) is 0 Å². The van der Waals surface area contributed by atoms with Gasteiger partial charge in [-0.05, 0) is 35.9 Å². The molecule has 96 valence electrons. The van der Waals surface area contributed by atoms with Gasteiger partial charge in [0.1, 0.15) is 23.2 Å². The van der Waals surface area contributed by atoms with Gasteiger partial charge in [-0.15, -0.1) is 0 Å². The normalized spacial score (nSPS) is 10.0. The van der Waals surface area contributed by atoms with E-state index in [0.717, 1.165) is 6.07 Å². The average Bonchev–Trinajstić information content (AvgIpc) is 2.40. The van der Waals surface area contributed by atoms with Crippen LogP contribution in [-0.4, -0.2) is 0 Å². The monoisotopic (exact) mass is 295 g/mol. The summed E-state index contributed by atoms with van der Waals surface area (Å²) in [5, 5.41) is 9.45. The first-order chi connectivity index (χ1) is 9.10. The predicted molar refractivity (Wildman–Crippen MR) is 71.9 cm³/mol. The highest BCUT2D eigenvalue weighted by atomic mass is 35.5. The van der Waals surface area contributed by atoms with Crippen LogP contribution in [0.25, 0.3) is 0 Å². The first-order valence-electron chi connectivity index (χ1n) is 5.36. The van der Waals surface area contributed by atoms with Gasteiger partial charge in [-0.2, -0.15) is 5.26 Å². The van der Waals surface area contributed by atoms with E-state index in [2.05, 4.69) is 0 Å². The Bertz CT molecular complexity index is 652. The molecule has 0 heterocycles. The quantitative estimate of drug-likeness (QED) is 0.830. The van der Waals surface area contributed by atoms with Crippen LogP contribution in [0.3, 0.4) is 0 Å². The third-order valence-electron chi connectivity index (χ3n) is 2.40. The van der Waals surface area contributed by atoms with Crippen molar-refractivity contribution in [1.29, 1.82) is 5.26 Å². The smallest absolute Gasteiger partial charge is 0.139 e. The number of ether oxygens (including phenoxy) is 1. The van der Waals surface area contributed by atoms with E-state index in [1.54, 1.807) is 24.3 Å². The zero-order chi connectivity index (χ0) is 13.8. The van der Waals surface area contributed by atoms with Gasteiger partial charge in [-0.25, -0.2) is 4.39 Å². The molecule has 19 heavy (non-hydrogen) atoms. The maximum Gasteiger partial charge on any atom is 0.139 e. The lowest BCUT2D eigenvalue weighted by molar-refractivity contribution is 0.306. The van der Waals surface area contributed by atoms with Crippen molar-refractivity contribution >= 4 is 23.2 Å². The third-order valence-corrected chi connectivity index (χ3v) is 3.20. The lowest BCUT2D eigenvalue weighted by atomic mass is 10.1. The molecule has 0 saturated carbocycles. The first-order valence-corrected chi connectivity index (χ1v) is 6.12. The second-order valence-corrected chi connectivity index (χ2v) is 4.59. The maximum absolute atomic E-state index is 13.2. The number of nitriles is 1. The molecule has 2 rings (SSSR count). The number of hydrogen-bond acceptors (Lipinski definition) is 2. The van der Waals surface area contributed by atoms with Gasteiger partial charge in [0.15, 0.2) is 0 Å². The summed E-state index contributed by atoms with van der Waals surface area (Å²) in [7, 11) is 0. The Labute approximate surface area is 119 Å². The lowest BCUT2D eigenvalue weighted by Crippen LogP contribution is -1.97. The molecule has 0 spiro atoms. The summed E-state index contributed by atoms with van der Waals surface area (Å²) in [4.78, 5) is 0. The Morgan fingerprint density at radius 2 is 2.00 bits per heavy atom. The minimum Gasteiger partial charge on any atom is -0.487 e. The van der Waals surface area contributed by atoms with Gasteiger partial charge in [0.2, 0.25) is 0 Å². The zero-order valence-electron chi connectivity index (χ0n) is 9.66. The minimum absolute atomic E-state index is 0.104. The van der Waals surface area contributed by atoms with E-state index < -0.39 is 5.82 Å². The van der Waals surface area contributed by atoms with E-state index in [4.69, 9.17) is 33.2 Å². The van der Waals surface area contributed by atoms with Gasteiger partial charge >= 0.3 is 0 Å². The van der Waals surface area contributed by atoms with Crippen LogP contribution in [0.2, 0.25) is 10.0 Å². The van der Waals surface area contributed by atoms with Crippen LogP contribution >= 0.6 is 23.2 Å². The maximum atomic E-state index is 13.2. The average molecular weight is 296 g/mol. The standard InChI is InChI=1S/C14H8Cl2FNO/c15-12-2-1-3-13(14(12)16)19-8-10-4-9(7-18)5-11(17)6-10/h1-6H,8H2. The fourth-order valence-corrected chi connectivity index (χ4v) is 1.90. The molecule has 0 saturated heterocycles. The first kappa shape index (κ1) is 13.7. The lowest BCUT2D eigenvalue weighted by Gasteiger charge is -2.09. The molecule has 0 unspecified atom stereocenters. The molecule has 0 amide bonds. The van der Waals surface area contributed by atoms with Crippen LogP contribution in [0.4, 0.5) is 4.39 Å². The number of rotatable bonds is 3. The molecule has 0 fully saturated rings. The zero-order valence-corrected chi connectivity index (χ0v) is 11.2.